The molecule has 0 radical (unpaired) electrons. The van der Waals surface area contributed by atoms with Crippen LogP contribution in [0.3, 0.4) is 0 Å². The largest absolute Gasteiger partial charge is 0.458 e. The van der Waals surface area contributed by atoms with E-state index in [-0.39, 0.29) is 24.3 Å². The van der Waals surface area contributed by atoms with Gasteiger partial charge < -0.3 is 30.9 Å². The summed E-state index contributed by atoms with van der Waals surface area (Å²) in [6, 6.07) is 31.6. The van der Waals surface area contributed by atoms with Crippen molar-refractivity contribution in [3.63, 3.8) is 0 Å². The van der Waals surface area contributed by atoms with Gasteiger partial charge >= 0.3 is 12.0 Å². The van der Waals surface area contributed by atoms with Crippen LogP contribution in [0.25, 0.3) is 11.1 Å². The van der Waals surface area contributed by atoms with Gasteiger partial charge in [-0.15, -0.1) is 11.8 Å². The van der Waals surface area contributed by atoms with Crippen LogP contribution in [-0.2, 0) is 27.4 Å². The van der Waals surface area contributed by atoms with Crippen molar-refractivity contribution in [2.24, 2.45) is 0 Å². The quantitative estimate of drug-likeness (QED) is 0.127. The van der Waals surface area contributed by atoms with Crippen LogP contribution >= 0.6 is 11.8 Å². The van der Waals surface area contributed by atoms with E-state index in [4.69, 9.17) is 4.74 Å². The molecule has 5 rings (SSSR count). The Hall–Kier alpha value is -5.13. The number of para-hydroxylation sites is 1. The first-order valence-corrected chi connectivity index (χ1v) is 18.0. The molecule has 4 N–H and O–H groups in total. The summed E-state index contributed by atoms with van der Waals surface area (Å²) >= 11 is 1.55. The number of thioether (sulfide) groups is 1. The Bertz CT molecular complexity index is 1830. The predicted molar refractivity (Wildman–Crippen MR) is 201 cm³/mol. The average molecular weight is 708 g/mol. The molecule has 0 aromatic heterocycles. The molecule has 266 valence electrons. The number of hydrogen-bond donors (Lipinski definition) is 4. The van der Waals surface area contributed by atoms with E-state index in [0.717, 1.165) is 32.8 Å². The zero-order valence-electron chi connectivity index (χ0n) is 29.4. The molecule has 0 saturated heterocycles. The molecule has 11 heteroatoms. The number of esters is 1. The minimum absolute atomic E-state index is 0.120. The van der Waals surface area contributed by atoms with Gasteiger partial charge in [0.15, 0.2) is 0 Å². The van der Waals surface area contributed by atoms with Crippen LogP contribution in [-0.4, -0.2) is 60.8 Å². The number of carbonyl (C=O) groups is 4. The minimum Gasteiger partial charge on any atom is -0.458 e. The summed E-state index contributed by atoms with van der Waals surface area (Å²) in [6.45, 7) is 6.69. The molecule has 1 heterocycles. The lowest BCUT2D eigenvalue weighted by molar-refractivity contribution is -0.128. The van der Waals surface area contributed by atoms with Crippen LogP contribution in [0.2, 0.25) is 0 Å². The lowest BCUT2D eigenvalue weighted by Crippen LogP contribution is -2.52. The van der Waals surface area contributed by atoms with Crippen LogP contribution in [0.4, 0.5) is 10.5 Å². The maximum atomic E-state index is 14.1. The van der Waals surface area contributed by atoms with Gasteiger partial charge in [0, 0.05) is 42.7 Å². The molecule has 1 aliphatic rings. The molecule has 10 nitrogen and oxygen atoms in total. The average Bonchev–Trinajstić information content (AvgIpc) is 3.26. The lowest BCUT2D eigenvalue weighted by atomic mass is 9.98. The van der Waals surface area contributed by atoms with Gasteiger partial charge in [0.2, 0.25) is 5.91 Å². The second kappa shape index (κ2) is 17.2. The van der Waals surface area contributed by atoms with Gasteiger partial charge in [-0.2, -0.15) is 0 Å². The summed E-state index contributed by atoms with van der Waals surface area (Å²) in [4.78, 5) is 54.4. The highest BCUT2D eigenvalue weighted by molar-refractivity contribution is 7.99. The van der Waals surface area contributed by atoms with Crippen molar-refractivity contribution < 1.29 is 23.9 Å². The van der Waals surface area contributed by atoms with Gasteiger partial charge in [0.05, 0.1) is 17.8 Å². The van der Waals surface area contributed by atoms with Crippen molar-refractivity contribution in [1.82, 2.24) is 21.3 Å². The Morgan fingerprint density at radius 1 is 0.922 bits per heavy atom. The van der Waals surface area contributed by atoms with E-state index in [9.17, 15) is 19.2 Å². The normalized spacial score (nSPS) is 14.9. The van der Waals surface area contributed by atoms with E-state index in [0.29, 0.717) is 31.0 Å². The first-order valence-electron chi connectivity index (χ1n) is 17.0. The number of urea groups is 1. The van der Waals surface area contributed by atoms with Crippen molar-refractivity contribution >= 4 is 41.3 Å². The molecule has 0 bridgehead atoms. The van der Waals surface area contributed by atoms with Gasteiger partial charge in [-0.3, -0.25) is 9.59 Å². The first kappa shape index (κ1) is 37.1. The van der Waals surface area contributed by atoms with Crippen LogP contribution in [0, 0.1) is 0 Å². The number of benzene rings is 4. The number of carbonyl (C=O) groups excluding carboxylic acids is 4. The van der Waals surface area contributed by atoms with E-state index in [1.54, 1.807) is 54.9 Å². The van der Waals surface area contributed by atoms with Gasteiger partial charge in [-0.1, -0.05) is 78.9 Å². The summed E-state index contributed by atoms with van der Waals surface area (Å²) in [6.07, 6.45) is -0.295. The number of nitrogens with zero attached hydrogens (tertiary/aromatic N) is 1. The van der Waals surface area contributed by atoms with Crippen LogP contribution in [0.1, 0.15) is 48.7 Å². The monoisotopic (exact) mass is 707 g/mol. The van der Waals surface area contributed by atoms with Crippen LogP contribution < -0.4 is 26.2 Å². The van der Waals surface area contributed by atoms with Crippen molar-refractivity contribution in [3.8, 4) is 11.1 Å². The Labute approximate surface area is 303 Å². The van der Waals surface area contributed by atoms with Crippen molar-refractivity contribution in [2.75, 3.05) is 24.2 Å². The third-order valence-electron chi connectivity index (χ3n) is 8.54. The van der Waals surface area contributed by atoms with E-state index in [2.05, 4.69) is 21.3 Å². The molecule has 2 atom stereocenters. The highest BCUT2D eigenvalue weighted by Gasteiger charge is 2.33. The van der Waals surface area contributed by atoms with Gasteiger partial charge in [-0.05, 0) is 67.3 Å². The molecular weight excluding hydrogens is 663 g/mol. The highest BCUT2D eigenvalue weighted by Crippen LogP contribution is 2.35. The predicted octanol–water partition coefficient (Wildman–Crippen LogP) is 5.91. The number of amides is 4. The third kappa shape index (κ3) is 10.2. The number of nitrogens with one attached hydrogen (secondary N) is 4. The molecule has 1 aliphatic heterocycles. The molecule has 0 aliphatic carbocycles. The number of hydrogen-bond acceptors (Lipinski definition) is 7. The van der Waals surface area contributed by atoms with Gasteiger partial charge in [0.25, 0.3) is 5.91 Å². The number of rotatable bonds is 13. The lowest BCUT2D eigenvalue weighted by Gasteiger charge is -2.29. The number of fused-ring (bicyclic) bond motifs is 1. The highest BCUT2D eigenvalue weighted by atomic mass is 32.2. The molecule has 0 spiro atoms. The molecule has 0 unspecified atom stereocenters. The molecule has 4 amide bonds. The summed E-state index contributed by atoms with van der Waals surface area (Å²) in [5, 5.41) is 11.8. The minimum atomic E-state index is -0.726. The van der Waals surface area contributed by atoms with E-state index >= 15 is 0 Å². The number of anilines is 1. The third-order valence-corrected chi connectivity index (χ3v) is 9.69. The Morgan fingerprint density at radius 2 is 1.61 bits per heavy atom. The fourth-order valence-electron chi connectivity index (χ4n) is 5.81. The zero-order valence-corrected chi connectivity index (χ0v) is 30.2. The fourth-order valence-corrected chi connectivity index (χ4v) is 6.88. The summed E-state index contributed by atoms with van der Waals surface area (Å²) < 4.78 is 5.56. The van der Waals surface area contributed by atoms with Gasteiger partial charge in [-0.25, -0.2) is 9.59 Å². The van der Waals surface area contributed by atoms with Crippen molar-refractivity contribution in [2.45, 2.75) is 62.9 Å². The van der Waals surface area contributed by atoms with Crippen molar-refractivity contribution in [1.29, 1.82) is 0 Å². The second-order valence-electron chi connectivity index (χ2n) is 13.1. The zero-order chi connectivity index (χ0) is 36.4. The fraction of sp³-hybridized carbons (Fsp3) is 0.300. The number of ether oxygens (including phenoxy) is 1. The smallest absolute Gasteiger partial charge is 0.338 e. The molecular formula is C40H45N5O5S. The second-order valence-corrected chi connectivity index (χ2v) is 14.2. The van der Waals surface area contributed by atoms with Crippen LogP contribution in [0.5, 0.6) is 0 Å². The maximum absolute atomic E-state index is 14.1. The Morgan fingerprint density at radius 3 is 2.35 bits per heavy atom. The molecule has 0 fully saturated rings. The van der Waals surface area contributed by atoms with E-state index in [1.807, 2.05) is 92.7 Å². The Balaban J connectivity index is 1.22. The molecule has 4 aromatic rings. The molecule has 4 aromatic carbocycles. The van der Waals surface area contributed by atoms with Crippen LogP contribution in [0.15, 0.2) is 108 Å². The summed E-state index contributed by atoms with van der Waals surface area (Å²) in [5.74, 6) is -0.426. The summed E-state index contributed by atoms with van der Waals surface area (Å²) in [7, 11) is 1.58. The van der Waals surface area contributed by atoms with Gasteiger partial charge in [0.1, 0.15) is 12.1 Å². The maximum Gasteiger partial charge on any atom is 0.338 e. The molecule has 0 saturated carbocycles. The van der Waals surface area contributed by atoms with E-state index < -0.39 is 23.7 Å². The van der Waals surface area contributed by atoms with Crippen molar-refractivity contribution in [3.05, 3.63) is 120 Å². The van der Waals surface area contributed by atoms with E-state index in [1.165, 1.54) is 0 Å². The SMILES string of the molecule is CNC(=O)NCc1ccccc1-c1ccc(CN2C(=O)[C@H](NC(=O)CC(C)(C)NC[C@@H](C)OC(=O)c3ccccc3)CSc3ccccc32)cc1. The first-order chi connectivity index (χ1) is 24.5. The standard InChI is InChI=1S/C40H45N5O5S/c1-27(50-38(48)30-12-6-5-7-13-30)23-43-40(2,3)22-36(46)44-33-26-51-35-17-11-10-16-34(35)45(37(33)47)25-28-18-20-29(21-19-28)32-15-9-8-14-31(32)24-42-39(49)41-4/h5-21,27,33,43H,22-26H2,1-4H3,(H,44,46)(H2,41,42,49)/t27-,33-/m1/s1. The Kier molecular flexibility index (Phi) is 12.5. The summed E-state index contributed by atoms with van der Waals surface area (Å²) in [5.41, 5.74) is 4.59. The topological polar surface area (TPSA) is 129 Å². The molecule has 51 heavy (non-hydrogen) atoms.